The molecule has 0 saturated heterocycles. The minimum atomic E-state index is 0.248. The summed E-state index contributed by atoms with van der Waals surface area (Å²) in [6.07, 6.45) is 2.88. The molecule has 2 rings (SSSR count). The van der Waals surface area contributed by atoms with E-state index in [0.717, 1.165) is 17.6 Å². The molecule has 5 heteroatoms. The molecular weight excluding hydrogens is 216 g/mol. The predicted molar refractivity (Wildman–Crippen MR) is 67.3 cm³/mol. The zero-order valence-corrected chi connectivity index (χ0v) is 10.5. The maximum absolute atomic E-state index is 5.14. The molecule has 92 valence electrons. The molecule has 0 aliphatic heterocycles. The average Bonchev–Trinajstić information content (AvgIpc) is 2.72. The third-order valence-electron chi connectivity index (χ3n) is 2.75. The van der Waals surface area contributed by atoms with Crippen molar-refractivity contribution in [2.45, 2.75) is 26.3 Å². The third kappa shape index (κ3) is 2.55. The Labute approximate surface area is 101 Å². The van der Waals surface area contributed by atoms with Gasteiger partial charge < -0.3 is 10.1 Å². The van der Waals surface area contributed by atoms with Crippen LogP contribution in [0.25, 0.3) is 5.65 Å². The number of hydrogen-bond acceptors (Lipinski definition) is 4. The topological polar surface area (TPSA) is 51.5 Å². The van der Waals surface area contributed by atoms with Crippen molar-refractivity contribution in [3.63, 3.8) is 0 Å². The number of rotatable bonds is 5. The lowest BCUT2D eigenvalue weighted by molar-refractivity contribution is 0.184. The highest BCUT2D eigenvalue weighted by Gasteiger charge is 2.10. The number of hydrogen-bond donors (Lipinski definition) is 1. The molecule has 0 spiro atoms. The Hall–Kier alpha value is -1.62. The first-order valence-corrected chi connectivity index (χ1v) is 5.82. The maximum atomic E-state index is 5.14. The van der Waals surface area contributed by atoms with E-state index in [-0.39, 0.29) is 6.04 Å². The Kier molecular flexibility index (Phi) is 3.58. The van der Waals surface area contributed by atoms with Crippen molar-refractivity contribution >= 4 is 11.6 Å². The smallest absolute Gasteiger partial charge is 0.243 e. The number of aromatic nitrogens is 3. The van der Waals surface area contributed by atoms with Gasteiger partial charge >= 0.3 is 0 Å². The molecule has 5 nitrogen and oxygen atoms in total. The highest BCUT2D eigenvalue weighted by molar-refractivity contribution is 5.49. The third-order valence-corrected chi connectivity index (χ3v) is 2.75. The molecular formula is C12H18N4O. The van der Waals surface area contributed by atoms with Gasteiger partial charge in [-0.2, -0.15) is 4.98 Å². The summed E-state index contributed by atoms with van der Waals surface area (Å²) in [5.74, 6) is 0.656. The van der Waals surface area contributed by atoms with Crippen LogP contribution in [0.1, 0.15) is 18.9 Å². The minimum Gasteiger partial charge on any atom is -0.383 e. The van der Waals surface area contributed by atoms with Crippen molar-refractivity contribution in [1.29, 1.82) is 0 Å². The van der Waals surface area contributed by atoms with Gasteiger partial charge in [0, 0.05) is 13.3 Å². The monoisotopic (exact) mass is 234 g/mol. The van der Waals surface area contributed by atoms with E-state index >= 15 is 0 Å². The van der Waals surface area contributed by atoms with Crippen LogP contribution in [0.2, 0.25) is 0 Å². The van der Waals surface area contributed by atoms with Crippen LogP contribution in [0.15, 0.2) is 18.3 Å². The van der Waals surface area contributed by atoms with E-state index in [1.54, 1.807) is 11.6 Å². The van der Waals surface area contributed by atoms with Crippen molar-refractivity contribution in [3.8, 4) is 0 Å². The first kappa shape index (κ1) is 11.9. The standard InChI is InChI=1S/C12H18N4O/c1-4-10(8-17-3)13-12-14-11-9(2)6-5-7-16(11)15-12/h5-7,10H,4,8H2,1-3H3,(H,13,15). The van der Waals surface area contributed by atoms with Crippen LogP contribution in [0.5, 0.6) is 0 Å². The summed E-state index contributed by atoms with van der Waals surface area (Å²) in [6, 6.07) is 4.24. The summed E-state index contributed by atoms with van der Waals surface area (Å²) in [4.78, 5) is 4.47. The van der Waals surface area contributed by atoms with Crippen LogP contribution in [-0.2, 0) is 4.74 Å². The Balaban J connectivity index is 2.21. The molecule has 1 atom stereocenters. The summed E-state index contributed by atoms with van der Waals surface area (Å²) < 4.78 is 6.93. The first-order chi connectivity index (χ1) is 8.24. The van der Waals surface area contributed by atoms with Gasteiger partial charge in [-0.05, 0) is 25.0 Å². The van der Waals surface area contributed by atoms with Gasteiger partial charge in [0.1, 0.15) is 0 Å². The Morgan fingerprint density at radius 2 is 2.35 bits per heavy atom. The van der Waals surface area contributed by atoms with E-state index in [0.29, 0.717) is 12.6 Å². The van der Waals surface area contributed by atoms with Crippen LogP contribution < -0.4 is 5.32 Å². The first-order valence-electron chi connectivity index (χ1n) is 5.82. The van der Waals surface area contributed by atoms with E-state index in [2.05, 4.69) is 22.3 Å². The summed E-state index contributed by atoms with van der Waals surface area (Å²) in [6.45, 7) is 4.79. The van der Waals surface area contributed by atoms with Gasteiger partial charge in [-0.15, -0.1) is 5.10 Å². The highest BCUT2D eigenvalue weighted by atomic mass is 16.5. The van der Waals surface area contributed by atoms with Gasteiger partial charge in [-0.3, -0.25) is 0 Å². The molecule has 2 aromatic heterocycles. The number of pyridine rings is 1. The van der Waals surface area contributed by atoms with Gasteiger partial charge in [0.25, 0.3) is 0 Å². The van der Waals surface area contributed by atoms with E-state index < -0.39 is 0 Å². The van der Waals surface area contributed by atoms with Crippen LogP contribution in [0.3, 0.4) is 0 Å². The molecule has 0 aromatic carbocycles. The number of nitrogens with zero attached hydrogens (tertiary/aromatic N) is 3. The zero-order valence-electron chi connectivity index (χ0n) is 10.5. The number of ether oxygens (including phenoxy) is 1. The second kappa shape index (κ2) is 5.14. The minimum absolute atomic E-state index is 0.248. The largest absolute Gasteiger partial charge is 0.383 e. The van der Waals surface area contributed by atoms with Gasteiger partial charge in [0.15, 0.2) is 5.65 Å². The fraction of sp³-hybridized carbons (Fsp3) is 0.500. The zero-order chi connectivity index (χ0) is 12.3. The Morgan fingerprint density at radius 1 is 1.53 bits per heavy atom. The molecule has 0 amide bonds. The summed E-state index contributed by atoms with van der Waals surface area (Å²) in [7, 11) is 1.70. The molecule has 0 saturated carbocycles. The van der Waals surface area contributed by atoms with Gasteiger partial charge in [-0.1, -0.05) is 13.0 Å². The molecule has 0 radical (unpaired) electrons. The van der Waals surface area contributed by atoms with E-state index in [4.69, 9.17) is 4.74 Å². The van der Waals surface area contributed by atoms with Crippen molar-refractivity contribution in [2.24, 2.45) is 0 Å². The molecule has 1 N–H and O–H groups in total. The van der Waals surface area contributed by atoms with Crippen LogP contribution >= 0.6 is 0 Å². The fourth-order valence-corrected chi connectivity index (χ4v) is 1.75. The number of fused-ring (bicyclic) bond motifs is 1. The quantitative estimate of drug-likeness (QED) is 0.858. The highest BCUT2D eigenvalue weighted by Crippen LogP contribution is 2.11. The van der Waals surface area contributed by atoms with E-state index in [1.807, 2.05) is 25.3 Å². The summed E-state index contributed by atoms with van der Waals surface area (Å²) in [5, 5.41) is 7.66. The normalized spacial score (nSPS) is 12.9. The maximum Gasteiger partial charge on any atom is 0.243 e. The number of aryl methyl sites for hydroxylation is 1. The fourth-order valence-electron chi connectivity index (χ4n) is 1.75. The lowest BCUT2D eigenvalue weighted by Gasteiger charge is -2.13. The molecule has 2 heterocycles. The van der Waals surface area contributed by atoms with Crippen molar-refractivity contribution in [3.05, 3.63) is 23.9 Å². The van der Waals surface area contributed by atoms with Crippen LogP contribution in [-0.4, -0.2) is 34.4 Å². The molecule has 1 unspecified atom stereocenters. The molecule has 0 fully saturated rings. The number of nitrogens with one attached hydrogen (secondary N) is 1. The van der Waals surface area contributed by atoms with Gasteiger partial charge in [0.05, 0.1) is 12.6 Å². The molecule has 0 aliphatic carbocycles. The molecule has 2 aromatic rings. The summed E-state index contributed by atoms with van der Waals surface area (Å²) >= 11 is 0. The van der Waals surface area contributed by atoms with Crippen LogP contribution in [0.4, 0.5) is 5.95 Å². The average molecular weight is 234 g/mol. The SMILES string of the molecule is CCC(COC)Nc1nc2c(C)cccn2n1. The van der Waals surface area contributed by atoms with Crippen molar-refractivity contribution < 1.29 is 4.74 Å². The van der Waals surface area contributed by atoms with Gasteiger partial charge in [-0.25, -0.2) is 4.52 Å². The predicted octanol–water partition coefficient (Wildman–Crippen LogP) is 1.87. The summed E-state index contributed by atoms with van der Waals surface area (Å²) in [5.41, 5.74) is 2.01. The lowest BCUT2D eigenvalue weighted by atomic mass is 10.2. The number of anilines is 1. The van der Waals surface area contributed by atoms with E-state index in [9.17, 15) is 0 Å². The molecule has 17 heavy (non-hydrogen) atoms. The molecule has 0 aliphatic rings. The van der Waals surface area contributed by atoms with Crippen molar-refractivity contribution in [1.82, 2.24) is 14.6 Å². The lowest BCUT2D eigenvalue weighted by Crippen LogP contribution is -2.24. The van der Waals surface area contributed by atoms with Gasteiger partial charge in [0.2, 0.25) is 5.95 Å². The van der Waals surface area contributed by atoms with Crippen LogP contribution in [0, 0.1) is 6.92 Å². The number of methoxy groups -OCH3 is 1. The van der Waals surface area contributed by atoms with E-state index in [1.165, 1.54) is 0 Å². The second-order valence-corrected chi connectivity index (χ2v) is 4.10. The molecule has 0 bridgehead atoms. The Morgan fingerprint density at radius 3 is 3.00 bits per heavy atom. The van der Waals surface area contributed by atoms with Crippen molar-refractivity contribution in [2.75, 3.05) is 19.0 Å². The second-order valence-electron chi connectivity index (χ2n) is 4.10. The Bertz CT molecular complexity index is 494.